The molecule has 0 radical (unpaired) electrons. The number of benzene rings is 2. The van der Waals surface area contributed by atoms with Gasteiger partial charge in [0.1, 0.15) is 0 Å². The van der Waals surface area contributed by atoms with E-state index in [1.54, 1.807) is 0 Å². The summed E-state index contributed by atoms with van der Waals surface area (Å²) in [5.41, 5.74) is 2.15. The second kappa shape index (κ2) is 10.5. The van der Waals surface area contributed by atoms with Gasteiger partial charge in [-0.1, -0.05) is 74.5 Å². The summed E-state index contributed by atoms with van der Waals surface area (Å²) in [5.74, 6) is 0.341. The molecule has 1 N–H and O–H groups in total. The van der Waals surface area contributed by atoms with Crippen molar-refractivity contribution in [2.24, 2.45) is 5.92 Å². The van der Waals surface area contributed by atoms with Crippen LogP contribution in [0.15, 0.2) is 60.7 Å². The van der Waals surface area contributed by atoms with E-state index >= 15 is 0 Å². The fourth-order valence-electron chi connectivity index (χ4n) is 3.02. The Labute approximate surface area is 162 Å². The Kier molecular flexibility index (Phi) is 8.05. The van der Waals surface area contributed by atoms with Crippen molar-refractivity contribution in [3.8, 4) is 0 Å². The maximum atomic E-state index is 12.8. The number of amides is 2. The number of nitrogens with zero attached hydrogens (tertiary/aromatic N) is 1. The molecule has 2 aromatic carbocycles. The molecule has 27 heavy (non-hydrogen) atoms. The van der Waals surface area contributed by atoms with Crippen molar-refractivity contribution in [2.75, 3.05) is 6.54 Å². The lowest BCUT2D eigenvalue weighted by atomic mass is 10.0. The predicted octanol–water partition coefficient (Wildman–Crippen LogP) is 4.33. The van der Waals surface area contributed by atoms with Crippen LogP contribution >= 0.6 is 0 Å². The van der Waals surface area contributed by atoms with Gasteiger partial charge in [-0.2, -0.15) is 0 Å². The highest BCUT2D eigenvalue weighted by molar-refractivity contribution is 5.79. The summed E-state index contributed by atoms with van der Waals surface area (Å²) in [5, 5.41) is 2.94. The molecule has 1 unspecified atom stereocenters. The summed E-state index contributed by atoms with van der Waals surface area (Å²) in [7, 11) is 0. The molecule has 2 amide bonds. The summed E-state index contributed by atoms with van der Waals surface area (Å²) in [6, 6.07) is 19.7. The van der Waals surface area contributed by atoms with Crippen molar-refractivity contribution in [2.45, 2.75) is 46.2 Å². The molecule has 0 saturated carbocycles. The summed E-state index contributed by atoms with van der Waals surface area (Å²) in [4.78, 5) is 26.9. The lowest BCUT2D eigenvalue weighted by Crippen LogP contribution is -2.37. The Morgan fingerprint density at radius 1 is 0.926 bits per heavy atom. The third-order valence-corrected chi connectivity index (χ3v) is 4.56. The molecule has 0 aliphatic rings. The number of carbonyl (C=O) groups is 2. The van der Waals surface area contributed by atoms with Crippen LogP contribution < -0.4 is 5.32 Å². The highest BCUT2D eigenvalue weighted by Gasteiger charge is 2.22. The number of nitrogens with one attached hydrogen (secondary N) is 1. The van der Waals surface area contributed by atoms with Gasteiger partial charge in [-0.25, -0.2) is 0 Å². The molecule has 2 aromatic rings. The summed E-state index contributed by atoms with van der Waals surface area (Å²) < 4.78 is 0. The Balaban J connectivity index is 1.96. The lowest BCUT2D eigenvalue weighted by Gasteiger charge is -2.30. The van der Waals surface area contributed by atoms with Crippen LogP contribution in [0.3, 0.4) is 0 Å². The summed E-state index contributed by atoms with van der Waals surface area (Å²) in [6.45, 7) is 7.02. The Bertz CT molecular complexity index is 714. The van der Waals surface area contributed by atoms with Crippen LogP contribution in [0.5, 0.6) is 0 Å². The van der Waals surface area contributed by atoms with Crippen LogP contribution in [0.4, 0.5) is 0 Å². The molecule has 0 bridgehead atoms. The highest BCUT2D eigenvalue weighted by atomic mass is 16.2. The molecule has 0 fully saturated rings. The van der Waals surface area contributed by atoms with E-state index in [0.717, 1.165) is 11.1 Å². The third kappa shape index (κ3) is 6.89. The molecule has 0 heterocycles. The van der Waals surface area contributed by atoms with Gasteiger partial charge in [0.2, 0.25) is 11.8 Å². The predicted molar refractivity (Wildman–Crippen MR) is 109 cm³/mol. The van der Waals surface area contributed by atoms with E-state index in [4.69, 9.17) is 0 Å². The van der Waals surface area contributed by atoms with Gasteiger partial charge >= 0.3 is 0 Å². The lowest BCUT2D eigenvalue weighted by molar-refractivity contribution is -0.134. The first kappa shape index (κ1) is 20.7. The molecule has 4 nitrogen and oxygen atoms in total. The molecule has 0 spiro atoms. The molecular weight excluding hydrogens is 336 g/mol. The van der Waals surface area contributed by atoms with Gasteiger partial charge in [0.05, 0.1) is 6.04 Å². The fraction of sp³-hybridized carbons (Fsp3) is 0.391. The van der Waals surface area contributed by atoms with Crippen LogP contribution in [0.2, 0.25) is 0 Å². The van der Waals surface area contributed by atoms with Gasteiger partial charge in [0, 0.05) is 25.9 Å². The molecule has 1 atom stereocenters. The van der Waals surface area contributed by atoms with Crippen LogP contribution in [0.1, 0.15) is 50.8 Å². The van der Waals surface area contributed by atoms with Crippen molar-refractivity contribution < 1.29 is 9.59 Å². The maximum Gasteiger partial charge on any atom is 0.223 e. The van der Waals surface area contributed by atoms with Crippen LogP contribution in [0, 0.1) is 5.92 Å². The summed E-state index contributed by atoms with van der Waals surface area (Å²) in [6.07, 6.45) is 0.788. The van der Waals surface area contributed by atoms with Crippen molar-refractivity contribution >= 4 is 11.8 Å². The zero-order valence-electron chi connectivity index (χ0n) is 16.5. The summed E-state index contributed by atoms with van der Waals surface area (Å²) >= 11 is 0. The van der Waals surface area contributed by atoms with Gasteiger partial charge in [-0.3, -0.25) is 9.59 Å². The topological polar surface area (TPSA) is 49.4 Å². The van der Waals surface area contributed by atoms with E-state index in [9.17, 15) is 9.59 Å². The monoisotopic (exact) mass is 366 g/mol. The van der Waals surface area contributed by atoms with E-state index < -0.39 is 0 Å². The van der Waals surface area contributed by atoms with E-state index in [2.05, 4.69) is 5.32 Å². The van der Waals surface area contributed by atoms with Crippen molar-refractivity contribution in [3.05, 3.63) is 71.8 Å². The Morgan fingerprint density at radius 2 is 1.52 bits per heavy atom. The van der Waals surface area contributed by atoms with E-state index in [1.165, 1.54) is 0 Å². The van der Waals surface area contributed by atoms with Crippen LogP contribution in [-0.2, 0) is 16.1 Å². The SMILES string of the molecule is CC(C)CC(=O)N(CCC(=O)NCc1ccccc1)C(C)c1ccccc1. The van der Waals surface area contributed by atoms with Gasteiger partial charge in [0.15, 0.2) is 0 Å². The molecular formula is C23H30N2O2. The number of rotatable bonds is 9. The third-order valence-electron chi connectivity index (χ3n) is 4.56. The van der Waals surface area contributed by atoms with Crippen molar-refractivity contribution in [1.29, 1.82) is 0 Å². The first-order chi connectivity index (χ1) is 13.0. The second-order valence-electron chi connectivity index (χ2n) is 7.28. The number of hydrogen-bond acceptors (Lipinski definition) is 2. The van der Waals surface area contributed by atoms with Gasteiger partial charge < -0.3 is 10.2 Å². The Morgan fingerprint density at radius 3 is 2.11 bits per heavy atom. The molecule has 0 aliphatic carbocycles. The largest absolute Gasteiger partial charge is 0.352 e. The first-order valence-corrected chi connectivity index (χ1v) is 9.62. The minimum Gasteiger partial charge on any atom is -0.352 e. The number of hydrogen-bond donors (Lipinski definition) is 1. The standard InChI is InChI=1S/C23H30N2O2/c1-18(2)16-23(27)25(19(3)21-12-8-5-9-13-21)15-14-22(26)24-17-20-10-6-4-7-11-20/h4-13,18-19H,14-17H2,1-3H3,(H,24,26). The smallest absolute Gasteiger partial charge is 0.223 e. The first-order valence-electron chi connectivity index (χ1n) is 9.62. The number of carbonyl (C=O) groups excluding carboxylic acids is 2. The molecule has 144 valence electrons. The molecule has 0 aliphatic heterocycles. The molecule has 4 heteroatoms. The molecule has 0 saturated heterocycles. The van der Waals surface area contributed by atoms with Crippen LogP contribution in [0.25, 0.3) is 0 Å². The average Bonchev–Trinajstić information content (AvgIpc) is 2.67. The minimum absolute atomic E-state index is 0.0403. The van der Waals surface area contributed by atoms with E-state index in [1.807, 2.05) is 86.3 Å². The van der Waals surface area contributed by atoms with Gasteiger partial charge in [-0.05, 0) is 24.0 Å². The zero-order chi connectivity index (χ0) is 19.6. The van der Waals surface area contributed by atoms with Crippen molar-refractivity contribution in [1.82, 2.24) is 10.2 Å². The minimum atomic E-state index is -0.0561. The average molecular weight is 367 g/mol. The normalized spacial score (nSPS) is 11.9. The van der Waals surface area contributed by atoms with Gasteiger partial charge in [-0.15, -0.1) is 0 Å². The zero-order valence-corrected chi connectivity index (χ0v) is 16.5. The highest BCUT2D eigenvalue weighted by Crippen LogP contribution is 2.22. The van der Waals surface area contributed by atoms with Crippen molar-refractivity contribution in [3.63, 3.8) is 0 Å². The molecule has 2 rings (SSSR count). The van der Waals surface area contributed by atoms with Crippen LogP contribution in [-0.4, -0.2) is 23.3 Å². The Hall–Kier alpha value is -2.62. The second-order valence-corrected chi connectivity index (χ2v) is 7.28. The maximum absolute atomic E-state index is 12.8. The molecule has 0 aromatic heterocycles. The van der Waals surface area contributed by atoms with E-state index in [-0.39, 0.29) is 23.8 Å². The fourth-order valence-corrected chi connectivity index (χ4v) is 3.02. The van der Waals surface area contributed by atoms with Gasteiger partial charge in [0.25, 0.3) is 0 Å². The quantitative estimate of drug-likeness (QED) is 0.718. The van der Waals surface area contributed by atoms with E-state index in [0.29, 0.717) is 25.9 Å².